The van der Waals surface area contributed by atoms with E-state index in [0.717, 1.165) is 55.6 Å². The van der Waals surface area contributed by atoms with E-state index in [9.17, 15) is 5.11 Å². The van der Waals surface area contributed by atoms with Crippen molar-refractivity contribution in [3.8, 4) is 23.1 Å². The van der Waals surface area contributed by atoms with Crippen LogP contribution in [-0.2, 0) is 13.0 Å². The molecule has 0 aliphatic carbocycles. The van der Waals surface area contributed by atoms with Crippen molar-refractivity contribution < 1.29 is 14.6 Å². The summed E-state index contributed by atoms with van der Waals surface area (Å²) in [7, 11) is 1.65. The van der Waals surface area contributed by atoms with Crippen LogP contribution in [0.3, 0.4) is 0 Å². The Morgan fingerprint density at radius 1 is 0.971 bits per heavy atom. The number of nitrogens with zero attached hydrogens (tertiary/aromatic N) is 3. The monoisotopic (exact) mass is 465 g/mol. The number of aliphatic hydroxyl groups excluding tert-OH is 1. The Morgan fingerprint density at radius 3 is 2.32 bits per heavy atom. The lowest BCUT2D eigenvalue weighted by atomic mass is 10.1. The number of rotatable bonds is 14. The van der Waals surface area contributed by atoms with Gasteiger partial charge >= 0.3 is 0 Å². The summed E-state index contributed by atoms with van der Waals surface area (Å²) in [5.41, 5.74) is 2.99. The maximum atomic E-state index is 10.6. The lowest BCUT2D eigenvalue weighted by Gasteiger charge is -2.25. The van der Waals surface area contributed by atoms with Crippen LogP contribution in [0.2, 0.25) is 0 Å². The Morgan fingerprint density at radius 2 is 1.68 bits per heavy atom. The van der Waals surface area contributed by atoms with Crippen molar-refractivity contribution in [2.24, 2.45) is 0 Å². The van der Waals surface area contributed by atoms with E-state index in [-0.39, 0.29) is 6.10 Å². The third kappa shape index (κ3) is 6.61. The van der Waals surface area contributed by atoms with E-state index < -0.39 is 0 Å². The summed E-state index contributed by atoms with van der Waals surface area (Å²) < 4.78 is 14.0. The molecule has 34 heavy (non-hydrogen) atoms. The molecule has 0 spiro atoms. The quantitative estimate of drug-likeness (QED) is 0.316. The smallest absolute Gasteiger partial charge is 0.227 e. The number of benzene rings is 2. The molecule has 1 atom stereocenters. The second-order valence-electron chi connectivity index (χ2n) is 8.62. The molecule has 2 aromatic carbocycles. The zero-order valence-corrected chi connectivity index (χ0v) is 21.0. The van der Waals surface area contributed by atoms with Crippen LogP contribution in [0.1, 0.15) is 57.7 Å². The highest BCUT2D eigenvalue weighted by atomic mass is 16.5. The molecule has 0 saturated heterocycles. The Hall–Kier alpha value is -2.83. The molecule has 1 aromatic heterocycles. The lowest BCUT2D eigenvalue weighted by molar-refractivity contribution is 0.0990. The average molecular weight is 466 g/mol. The van der Waals surface area contributed by atoms with Crippen LogP contribution >= 0.6 is 0 Å². The maximum Gasteiger partial charge on any atom is 0.227 e. The van der Waals surface area contributed by atoms with Crippen LogP contribution in [0.15, 0.2) is 54.6 Å². The van der Waals surface area contributed by atoms with Crippen LogP contribution < -0.4 is 9.47 Å². The topological polar surface area (TPSA) is 59.8 Å². The number of hydrogen-bond acceptors (Lipinski definition) is 5. The number of aryl methyl sites for hydroxylation is 1. The van der Waals surface area contributed by atoms with Gasteiger partial charge in [-0.25, -0.2) is 4.68 Å². The van der Waals surface area contributed by atoms with Crippen molar-refractivity contribution in [2.45, 2.75) is 65.5 Å². The third-order valence-corrected chi connectivity index (χ3v) is 5.91. The second-order valence-corrected chi connectivity index (χ2v) is 8.62. The van der Waals surface area contributed by atoms with Crippen molar-refractivity contribution in [3.05, 3.63) is 65.9 Å². The zero-order valence-electron chi connectivity index (χ0n) is 21.0. The van der Waals surface area contributed by atoms with Gasteiger partial charge in [0.1, 0.15) is 0 Å². The van der Waals surface area contributed by atoms with Gasteiger partial charge in [0, 0.05) is 13.1 Å². The van der Waals surface area contributed by atoms with E-state index in [1.165, 1.54) is 0 Å². The normalized spacial score (nSPS) is 12.2. The van der Waals surface area contributed by atoms with Crippen molar-refractivity contribution in [2.75, 3.05) is 20.2 Å². The molecule has 3 rings (SSSR count). The zero-order chi connectivity index (χ0) is 24.3. The van der Waals surface area contributed by atoms with Gasteiger partial charge in [-0.15, -0.1) is 0 Å². The van der Waals surface area contributed by atoms with E-state index in [1.54, 1.807) is 7.11 Å². The SMILES string of the molecule is CCCCC(O)CN(CCC)Cc1c(CC)nn(-c2ccccc2)c1Oc1ccccc1OC. The molecule has 0 bridgehead atoms. The molecular weight excluding hydrogens is 426 g/mol. The first kappa shape index (κ1) is 25.8. The third-order valence-electron chi connectivity index (χ3n) is 5.91. The summed E-state index contributed by atoms with van der Waals surface area (Å²) in [6.45, 7) is 8.65. The number of aliphatic hydroxyl groups is 1. The van der Waals surface area contributed by atoms with E-state index in [4.69, 9.17) is 14.6 Å². The first-order valence-electron chi connectivity index (χ1n) is 12.5. The van der Waals surface area contributed by atoms with Gasteiger partial charge in [0.15, 0.2) is 11.5 Å². The van der Waals surface area contributed by atoms with Crippen molar-refractivity contribution in [1.29, 1.82) is 0 Å². The fraction of sp³-hybridized carbons (Fsp3) is 0.464. The molecule has 0 amide bonds. The Kier molecular flexibility index (Phi) is 9.98. The van der Waals surface area contributed by atoms with Gasteiger partial charge in [-0.3, -0.25) is 4.90 Å². The molecular formula is C28H39N3O3. The van der Waals surface area contributed by atoms with Gasteiger partial charge in [0.05, 0.1) is 30.2 Å². The van der Waals surface area contributed by atoms with E-state index in [1.807, 2.05) is 59.3 Å². The largest absolute Gasteiger partial charge is 0.493 e. The summed E-state index contributed by atoms with van der Waals surface area (Å²) in [4.78, 5) is 2.32. The first-order valence-corrected chi connectivity index (χ1v) is 12.5. The maximum absolute atomic E-state index is 10.6. The summed E-state index contributed by atoms with van der Waals surface area (Å²) >= 11 is 0. The predicted molar refractivity (Wildman–Crippen MR) is 137 cm³/mol. The summed E-state index contributed by atoms with van der Waals surface area (Å²) in [6.07, 6.45) is 4.42. The molecule has 6 heteroatoms. The Bertz CT molecular complexity index is 1000. The van der Waals surface area contributed by atoms with Crippen LogP contribution in [0.4, 0.5) is 0 Å². The van der Waals surface area contributed by atoms with Gasteiger partial charge in [-0.05, 0) is 50.1 Å². The number of aromatic nitrogens is 2. The van der Waals surface area contributed by atoms with Gasteiger partial charge < -0.3 is 14.6 Å². The minimum atomic E-state index is -0.334. The minimum Gasteiger partial charge on any atom is -0.493 e. The average Bonchev–Trinajstić information content (AvgIpc) is 3.20. The lowest BCUT2D eigenvalue weighted by Crippen LogP contribution is -2.33. The number of unbranched alkanes of at least 4 members (excludes halogenated alkanes) is 1. The highest BCUT2D eigenvalue weighted by Crippen LogP contribution is 2.36. The molecule has 184 valence electrons. The predicted octanol–water partition coefficient (Wildman–Crippen LogP) is 6.00. The van der Waals surface area contributed by atoms with Crippen molar-refractivity contribution in [3.63, 3.8) is 0 Å². The Labute approximate surface area is 204 Å². The summed E-state index contributed by atoms with van der Waals surface area (Å²) in [6, 6.07) is 17.7. The Balaban J connectivity index is 2.02. The molecule has 1 heterocycles. The van der Waals surface area contributed by atoms with E-state index >= 15 is 0 Å². The molecule has 0 aliphatic rings. The molecule has 1 N–H and O–H groups in total. The molecule has 0 aliphatic heterocycles. The van der Waals surface area contributed by atoms with Crippen LogP contribution in [0, 0.1) is 0 Å². The van der Waals surface area contributed by atoms with Gasteiger partial charge in [-0.1, -0.05) is 63.9 Å². The molecule has 0 radical (unpaired) electrons. The van der Waals surface area contributed by atoms with Crippen LogP contribution in [-0.4, -0.2) is 46.1 Å². The molecule has 1 unspecified atom stereocenters. The summed E-state index contributed by atoms with van der Waals surface area (Å²) in [5, 5.41) is 15.6. The van der Waals surface area contributed by atoms with Gasteiger partial charge in [0.25, 0.3) is 0 Å². The minimum absolute atomic E-state index is 0.334. The van der Waals surface area contributed by atoms with Gasteiger partial charge in [0.2, 0.25) is 5.88 Å². The number of hydrogen-bond donors (Lipinski definition) is 1. The fourth-order valence-corrected chi connectivity index (χ4v) is 4.18. The highest BCUT2D eigenvalue weighted by molar-refractivity contribution is 5.47. The number of methoxy groups -OCH3 is 1. The van der Waals surface area contributed by atoms with Crippen molar-refractivity contribution >= 4 is 0 Å². The second kappa shape index (κ2) is 13.2. The van der Waals surface area contributed by atoms with Crippen molar-refractivity contribution in [1.82, 2.24) is 14.7 Å². The fourth-order valence-electron chi connectivity index (χ4n) is 4.18. The first-order chi connectivity index (χ1) is 16.6. The molecule has 6 nitrogen and oxygen atoms in total. The molecule has 0 saturated carbocycles. The highest BCUT2D eigenvalue weighted by Gasteiger charge is 2.24. The number of para-hydroxylation sites is 3. The van der Waals surface area contributed by atoms with E-state index in [2.05, 4.69) is 25.7 Å². The van der Waals surface area contributed by atoms with Crippen LogP contribution in [0.25, 0.3) is 5.69 Å². The standard InChI is InChI=1S/C28H39N3O3/c1-5-8-16-23(32)20-30(19-6-2)21-24-25(7-3)29-31(22-14-10-9-11-15-22)28(24)34-27-18-13-12-17-26(27)33-4/h9-15,17-18,23,32H,5-8,16,19-21H2,1-4H3. The molecule has 0 fully saturated rings. The molecule has 3 aromatic rings. The summed E-state index contributed by atoms with van der Waals surface area (Å²) in [5.74, 6) is 2.01. The van der Waals surface area contributed by atoms with Gasteiger partial charge in [-0.2, -0.15) is 5.10 Å². The van der Waals surface area contributed by atoms with Crippen LogP contribution in [0.5, 0.6) is 17.4 Å². The van der Waals surface area contributed by atoms with E-state index in [0.29, 0.717) is 30.5 Å². The number of ether oxygens (including phenoxy) is 2.